The predicted octanol–water partition coefficient (Wildman–Crippen LogP) is 4.35. The summed E-state index contributed by atoms with van der Waals surface area (Å²) >= 11 is 11.5. The van der Waals surface area contributed by atoms with Gasteiger partial charge in [-0.15, -0.1) is 0 Å². The summed E-state index contributed by atoms with van der Waals surface area (Å²) in [6, 6.07) is 3.03. The number of benzene rings is 1. The van der Waals surface area contributed by atoms with Crippen molar-refractivity contribution in [2.75, 3.05) is 5.32 Å². The minimum atomic E-state index is -0.593. The second-order valence-electron chi connectivity index (χ2n) is 4.19. The highest BCUT2D eigenvalue weighted by Gasteiger charge is 2.08. The van der Waals surface area contributed by atoms with Crippen molar-refractivity contribution in [3.63, 3.8) is 0 Å². The van der Waals surface area contributed by atoms with Crippen LogP contribution in [0, 0.1) is 5.82 Å². The lowest BCUT2D eigenvalue weighted by atomic mass is 10.3. The smallest absolute Gasteiger partial charge is 0.160 e. The molecule has 2 rings (SSSR count). The standard InChI is InChI=1S/C13H14Cl2FN3/c1-2-3-19-8-17-6-10(19)7-18-9-4-11(14)13(16)12(15)5-9/h4-6,8,18H,2-3,7H2,1H3. The first kappa shape index (κ1) is 14.2. The fourth-order valence-corrected chi connectivity index (χ4v) is 2.27. The van der Waals surface area contributed by atoms with E-state index in [2.05, 4.69) is 21.8 Å². The Morgan fingerprint density at radius 1 is 1.32 bits per heavy atom. The Kier molecular flexibility index (Phi) is 4.66. The average molecular weight is 302 g/mol. The van der Waals surface area contributed by atoms with Gasteiger partial charge in [-0.3, -0.25) is 0 Å². The molecule has 1 aromatic carbocycles. The van der Waals surface area contributed by atoms with Gasteiger partial charge < -0.3 is 9.88 Å². The summed E-state index contributed by atoms with van der Waals surface area (Å²) in [5.41, 5.74) is 1.74. The third-order valence-electron chi connectivity index (χ3n) is 2.72. The van der Waals surface area contributed by atoms with Crippen molar-refractivity contribution < 1.29 is 4.39 Å². The molecule has 0 bridgehead atoms. The van der Waals surface area contributed by atoms with Crippen molar-refractivity contribution >= 4 is 28.9 Å². The lowest BCUT2D eigenvalue weighted by Gasteiger charge is -2.10. The van der Waals surface area contributed by atoms with E-state index in [4.69, 9.17) is 23.2 Å². The molecule has 6 heteroatoms. The van der Waals surface area contributed by atoms with E-state index < -0.39 is 5.82 Å². The van der Waals surface area contributed by atoms with Crippen LogP contribution in [0.1, 0.15) is 19.0 Å². The van der Waals surface area contributed by atoms with Crippen molar-refractivity contribution in [1.82, 2.24) is 9.55 Å². The molecule has 0 amide bonds. The number of nitrogens with one attached hydrogen (secondary N) is 1. The molecule has 0 aliphatic rings. The van der Waals surface area contributed by atoms with Crippen molar-refractivity contribution in [3.05, 3.63) is 46.2 Å². The highest BCUT2D eigenvalue weighted by molar-refractivity contribution is 6.35. The van der Waals surface area contributed by atoms with Crippen molar-refractivity contribution in [2.45, 2.75) is 26.4 Å². The first-order valence-corrected chi connectivity index (χ1v) is 6.74. The van der Waals surface area contributed by atoms with Crippen LogP contribution in [0.3, 0.4) is 0 Å². The molecular weight excluding hydrogens is 288 g/mol. The number of nitrogens with zero attached hydrogens (tertiary/aromatic N) is 2. The maximum absolute atomic E-state index is 13.3. The van der Waals surface area contributed by atoms with Crippen LogP contribution in [-0.4, -0.2) is 9.55 Å². The molecule has 0 aliphatic heterocycles. The van der Waals surface area contributed by atoms with Crippen LogP contribution in [0.4, 0.5) is 10.1 Å². The van der Waals surface area contributed by atoms with E-state index in [9.17, 15) is 4.39 Å². The Morgan fingerprint density at radius 2 is 2.00 bits per heavy atom. The molecular formula is C13H14Cl2FN3. The van der Waals surface area contributed by atoms with Crippen LogP contribution >= 0.6 is 23.2 Å². The molecule has 1 N–H and O–H groups in total. The van der Waals surface area contributed by atoms with E-state index in [0.717, 1.165) is 18.7 Å². The molecule has 0 radical (unpaired) electrons. The van der Waals surface area contributed by atoms with E-state index in [-0.39, 0.29) is 10.0 Å². The number of imidazole rings is 1. The van der Waals surface area contributed by atoms with Crippen LogP contribution < -0.4 is 5.32 Å². The topological polar surface area (TPSA) is 29.9 Å². The highest BCUT2D eigenvalue weighted by Crippen LogP contribution is 2.27. The van der Waals surface area contributed by atoms with Gasteiger partial charge in [0, 0.05) is 18.4 Å². The van der Waals surface area contributed by atoms with Gasteiger partial charge in [0.1, 0.15) is 0 Å². The molecule has 1 aromatic heterocycles. The zero-order valence-electron chi connectivity index (χ0n) is 10.5. The SMILES string of the molecule is CCCn1cncc1CNc1cc(Cl)c(F)c(Cl)c1. The lowest BCUT2D eigenvalue weighted by Crippen LogP contribution is -2.07. The fraction of sp³-hybridized carbons (Fsp3) is 0.308. The van der Waals surface area contributed by atoms with Gasteiger partial charge in [-0.1, -0.05) is 30.1 Å². The summed E-state index contributed by atoms with van der Waals surface area (Å²) in [7, 11) is 0. The van der Waals surface area contributed by atoms with Gasteiger partial charge in [-0.2, -0.15) is 0 Å². The number of rotatable bonds is 5. The van der Waals surface area contributed by atoms with Gasteiger partial charge in [-0.25, -0.2) is 9.37 Å². The molecule has 0 saturated heterocycles. The molecule has 2 aromatic rings. The van der Waals surface area contributed by atoms with E-state index in [1.54, 1.807) is 12.5 Å². The molecule has 19 heavy (non-hydrogen) atoms. The number of hydrogen-bond donors (Lipinski definition) is 1. The average Bonchev–Trinajstić information content (AvgIpc) is 2.81. The first-order valence-electron chi connectivity index (χ1n) is 5.99. The van der Waals surface area contributed by atoms with Gasteiger partial charge in [0.2, 0.25) is 0 Å². The second kappa shape index (κ2) is 6.26. The van der Waals surface area contributed by atoms with Crippen LogP contribution in [-0.2, 0) is 13.1 Å². The molecule has 0 atom stereocenters. The Bertz CT molecular complexity index is 546. The van der Waals surface area contributed by atoms with Crippen LogP contribution in [0.2, 0.25) is 10.0 Å². The van der Waals surface area contributed by atoms with E-state index in [1.165, 1.54) is 12.1 Å². The van der Waals surface area contributed by atoms with Crippen LogP contribution in [0.25, 0.3) is 0 Å². The van der Waals surface area contributed by atoms with E-state index in [1.807, 2.05) is 0 Å². The molecule has 0 fully saturated rings. The molecule has 1 heterocycles. The molecule has 0 spiro atoms. The van der Waals surface area contributed by atoms with Gasteiger partial charge in [0.15, 0.2) is 5.82 Å². The zero-order chi connectivity index (χ0) is 13.8. The Labute approximate surface area is 121 Å². The minimum absolute atomic E-state index is 0.0112. The molecule has 0 saturated carbocycles. The third-order valence-corrected chi connectivity index (χ3v) is 3.27. The molecule has 102 valence electrons. The summed E-state index contributed by atoms with van der Waals surface area (Å²) in [6.07, 6.45) is 4.64. The Balaban J connectivity index is 2.08. The van der Waals surface area contributed by atoms with Gasteiger partial charge in [0.05, 0.1) is 28.6 Å². The van der Waals surface area contributed by atoms with Crippen LogP contribution in [0.15, 0.2) is 24.7 Å². The second-order valence-corrected chi connectivity index (χ2v) is 5.00. The Hall–Kier alpha value is -1.26. The normalized spacial score (nSPS) is 10.7. The number of halogens is 3. The van der Waals surface area contributed by atoms with Crippen LogP contribution in [0.5, 0.6) is 0 Å². The van der Waals surface area contributed by atoms with Gasteiger partial charge >= 0.3 is 0 Å². The van der Waals surface area contributed by atoms with Gasteiger partial charge in [0.25, 0.3) is 0 Å². The Morgan fingerprint density at radius 3 is 2.63 bits per heavy atom. The maximum atomic E-state index is 13.3. The minimum Gasteiger partial charge on any atom is -0.379 e. The largest absolute Gasteiger partial charge is 0.379 e. The third kappa shape index (κ3) is 3.39. The summed E-state index contributed by atoms with van der Waals surface area (Å²) < 4.78 is 15.4. The van der Waals surface area contributed by atoms with Crippen molar-refractivity contribution in [1.29, 1.82) is 0 Å². The first-order chi connectivity index (χ1) is 9.11. The lowest BCUT2D eigenvalue weighted by molar-refractivity contribution is 0.628. The number of aromatic nitrogens is 2. The quantitative estimate of drug-likeness (QED) is 0.832. The summed E-state index contributed by atoms with van der Waals surface area (Å²) in [5, 5.41) is 3.18. The molecule has 3 nitrogen and oxygen atoms in total. The molecule has 0 aliphatic carbocycles. The summed E-state index contributed by atoms with van der Waals surface area (Å²) in [5.74, 6) is -0.593. The fourth-order valence-electron chi connectivity index (χ4n) is 1.79. The van der Waals surface area contributed by atoms with Gasteiger partial charge in [-0.05, 0) is 18.6 Å². The number of hydrogen-bond acceptors (Lipinski definition) is 2. The highest BCUT2D eigenvalue weighted by atomic mass is 35.5. The number of anilines is 1. The monoisotopic (exact) mass is 301 g/mol. The van der Waals surface area contributed by atoms with Crippen molar-refractivity contribution in [2.24, 2.45) is 0 Å². The predicted molar refractivity (Wildman–Crippen MR) is 76.3 cm³/mol. The summed E-state index contributed by atoms with van der Waals surface area (Å²) in [4.78, 5) is 4.11. The molecule has 0 unspecified atom stereocenters. The number of aryl methyl sites for hydroxylation is 1. The van der Waals surface area contributed by atoms with Crippen molar-refractivity contribution in [3.8, 4) is 0 Å². The summed E-state index contributed by atoms with van der Waals surface area (Å²) in [6.45, 7) is 3.61. The maximum Gasteiger partial charge on any atom is 0.160 e. The van der Waals surface area contributed by atoms with E-state index >= 15 is 0 Å². The van der Waals surface area contributed by atoms with E-state index in [0.29, 0.717) is 12.2 Å². The zero-order valence-corrected chi connectivity index (χ0v) is 12.0.